The number of nitrogens with zero attached hydrogens (tertiary/aromatic N) is 1. The van der Waals surface area contributed by atoms with Gasteiger partial charge >= 0.3 is 6.03 Å². The Bertz CT molecular complexity index is 891. The molecule has 1 aliphatic rings. The van der Waals surface area contributed by atoms with Crippen LogP contribution in [-0.2, 0) is 6.54 Å². The van der Waals surface area contributed by atoms with Crippen LogP contribution in [0.15, 0.2) is 48.5 Å². The molecule has 7 nitrogen and oxygen atoms in total. The second kappa shape index (κ2) is 12.3. The zero-order valence-corrected chi connectivity index (χ0v) is 19.9. The molecule has 0 unspecified atom stereocenters. The molecule has 1 heterocycles. The molecular weight excluding hydrogens is 416 g/mol. The van der Waals surface area contributed by atoms with Crippen LogP contribution in [0.1, 0.15) is 60.6 Å². The fourth-order valence-corrected chi connectivity index (χ4v) is 4.07. The van der Waals surface area contributed by atoms with Crippen LogP contribution in [0.3, 0.4) is 0 Å². The second-order valence-corrected chi connectivity index (χ2v) is 8.77. The molecule has 1 aliphatic heterocycles. The molecule has 0 spiro atoms. The lowest BCUT2D eigenvalue weighted by molar-refractivity contribution is 0.0924. The summed E-state index contributed by atoms with van der Waals surface area (Å²) in [7, 11) is 1.67. The number of methoxy groups -OCH3 is 1. The summed E-state index contributed by atoms with van der Waals surface area (Å²) >= 11 is 0. The molecule has 3 amide bonds. The van der Waals surface area contributed by atoms with E-state index in [2.05, 4.69) is 33.0 Å². The first-order valence-corrected chi connectivity index (χ1v) is 11.8. The Kier molecular flexibility index (Phi) is 9.13. The summed E-state index contributed by atoms with van der Waals surface area (Å²) in [5, 5.41) is 8.73. The third kappa shape index (κ3) is 7.49. The number of piperidine rings is 1. The van der Waals surface area contributed by atoms with E-state index in [1.54, 1.807) is 19.2 Å². The maximum atomic E-state index is 12.8. The van der Waals surface area contributed by atoms with E-state index < -0.39 is 0 Å². The molecule has 1 atom stereocenters. The van der Waals surface area contributed by atoms with Crippen molar-refractivity contribution in [1.82, 2.24) is 20.9 Å². The highest BCUT2D eigenvalue weighted by molar-refractivity contribution is 5.94. The summed E-state index contributed by atoms with van der Waals surface area (Å²) in [6.07, 6.45) is 3.63. The number of likely N-dealkylation sites (tertiary alicyclic amines) is 1. The molecule has 0 bridgehead atoms. The van der Waals surface area contributed by atoms with Crippen LogP contribution in [0.4, 0.5) is 4.79 Å². The smallest absolute Gasteiger partial charge is 0.315 e. The van der Waals surface area contributed by atoms with Gasteiger partial charge in [0.05, 0.1) is 13.2 Å². The molecule has 0 radical (unpaired) electrons. The first kappa shape index (κ1) is 24.6. The predicted octanol–water partition coefficient (Wildman–Crippen LogP) is 3.86. The molecule has 178 valence electrons. The third-order valence-electron chi connectivity index (χ3n) is 5.88. The van der Waals surface area contributed by atoms with Crippen molar-refractivity contribution in [2.75, 3.05) is 26.7 Å². The summed E-state index contributed by atoms with van der Waals surface area (Å²) in [4.78, 5) is 27.0. The van der Waals surface area contributed by atoms with Crippen molar-refractivity contribution in [2.45, 2.75) is 51.7 Å². The zero-order chi connectivity index (χ0) is 23.6. The van der Waals surface area contributed by atoms with Crippen molar-refractivity contribution in [3.63, 3.8) is 0 Å². The maximum absolute atomic E-state index is 12.8. The van der Waals surface area contributed by atoms with Gasteiger partial charge in [-0.1, -0.05) is 30.7 Å². The van der Waals surface area contributed by atoms with Gasteiger partial charge in [-0.3, -0.25) is 9.69 Å². The fourth-order valence-electron chi connectivity index (χ4n) is 4.07. The minimum Gasteiger partial charge on any atom is -0.497 e. The van der Waals surface area contributed by atoms with E-state index >= 15 is 0 Å². The lowest BCUT2D eigenvalue weighted by Crippen LogP contribution is -2.40. The van der Waals surface area contributed by atoms with E-state index in [1.165, 1.54) is 24.8 Å². The van der Waals surface area contributed by atoms with Crippen molar-refractivity contribution in [1.29, 1.82) is 0 Å². The van der Waals surface area contributed by atoms with Crippen LogP contribution >= 0.6 is 0 Å². The van der Waals surface area contributed by atoms with E-state index in [1.807, 2.05) is 38.1 Å². The quantitative estimate of drug-likeness (QED) is 0.540. The molecule has 33 heavy (non-hydrogen) atoms. The summed E-state index contributed by atoms with van der Waals surface area (Å²) in [5.74, 6) is 0.735. The standard InChI is InChI=1S/C26H36N4O3/c1-19(2)29-26(32)28-17-20-7-9-22(10-8-20)25(31)27-18-24(30-15-5-4-6-16-30)21-11-13-23(33-3)14-12-21/h7-14,19,24H,4-6,15-18H2,1-3H3,(H,27,31)(H2,28,29,32)/t24-/m0/s1. The van der Waals surface area contributed by atoms with Gasteiger partial charge in [-0.2, -0.15) is 0 Å². The Hall–Kier alpha value is -3.06. The van der Waals surface area contributed by atoms with Crippen molar-refractivity contribution in [2.24, 2.45) is 0 Å². The Balaban J connectivity index is 1.59. The molecule has 0 aliphatic carbocycles. The highest BCUT2D eigenvalue weighted by atomic mass is 16.5. The van der Waals surface area contributed by atoms with Crippen molar-refractivity contribution in [3.05, 3.63) is 65.2 Å². The van der Waals surface area contributed by atoms with E-state index in [9.17, 15) is 9.59 Å². The normalized spacial score (nSPS) is 15.0. The number of amides is 3. The van der Waals surface area contributed by atoms with Gasteiger partial charge < -0.3 is 20.7 Å². The van der Waals surface area contributed by atoms with Gasteiger partial charge in [0.2, 0.25) is 0 Å². The number of ether oxygens (including phenoxy) is 1. The van der Waals surface area contributed by atoms with Crippen LogP contribution in [0.25, 0.3) is 0 Å². The van der Waals surface area contributed by atoms with Crippen LogP contribution in [-0.4, -0.2) is 49.6 Å². The maximum Gasteiger partial charge on any atom is 0.315 e. The summed E-state index contributed by atoms with van der Waals surface area (Å²) in [6.45, 7) is 6.87. The van der Waals surface area contributed by atoms with Crippen molar-refractivity contribution in [3.8, 4) is 5.75 Å². The second-order valence-electron chi connectivity index (χ2n) is 8.77. The number of hydrogen-bond acceptors (Lipinski definition) is 4. The van der Waals surface area contributed by atoms with Gasteiger partial charge in [-0.05, 0) is 75.2 Å². The van der Waals surface area contributed by atoms with Crippen molar-refractivity contribution >= 4 is 11.9 Å². The lowest BCUT2D eigenvalue weighted by atomic mass is 10.0. The zero-order valence-electron chi connectivity index (χ0n) is 19.9. The van der Waals surface area contributed by atoms with Crippen LogP contribution in [0.5, 0.6) is 5.75 Å². The SMILES string of the molecule is COc1ccc([C@H](CNC(=O)c2ccc(CNC(=O)NC(C)C)cc2)N2CCCCC2)cc1. The minimum atomic E-state index is -0.200. The van der Waals surface area contributed by atoms with Gasteiger partial charge in [0.1, 0.15) is 5.75 Å². The Morgan fingerprint density at radius 2 is 1.61 bits per heavy atom. The highest BCUT2D eigenvalue weighted by Gasteiger charge is 2.23. The van der Waals surface area contributed by atoms with Gasteiger partial charge in [-0.25, -0.2) is 4.79 Å². The van der Waals surface area contributed by atoms with Crippen LogP contribution < -0.4 is 20.7 Å². The van der Waals surface area contributed by atoms with Gasteiger partial charge in [-0.15, -0.1) is 0 Å². The van der Waals surface area contributed by atoms with Gasteiger partial charge in [0, 0.05) is 24.7 Å². The van der Waals surface area contributed by atoms with Gasteiger partial charge in [0.25, 0.3) is 5.91 Å². The number of carbonyl (C=O) groups excluding carboxylic acids is 2. The number of carbonyl (C=O) groups is 2. The van der Waals surface area contributed by atoms with Crippen LogP contribution in [0, 0.1) is 0 Å². The Morgan fingerprint density at radius 1 is 0.939 bits per heavy atom. The Labute approximate surface area is 196 Å². The largest absolute Gasteiger partial charge is 0.497 e. The number of nitrogens with one attached hydrogen (secondary N) is 3. The average Bonchev–Trinajstić information content (AvgIpc) is 2.83. The molecule has 3 rings (SSSR count). The van der Waals surface area contributed by atoms with E-state index in [-0.39, 0.29) is 24.0 Å². The molecule has 1 fully saturated rings. The summed E-state index contributed by atoms with van der Waals surface area (Å²) in [5.41, 5.74) is 2.73. The summed E-state index contributed by atoms with van der Waals surface area (Å²) < 4.78 is 5.30. The minimum absolute atomic E-state index is 0.0859. The predicted molar refractivity (Wildman–Crippen MR) is 130 cm³/mol. The molecule has 0 aromatic heterocycles. The van der Waals surface area contributed by atoms with E-state index in [0.717, 1.165) is 24.4 Å². The molecule has 2 aromatic carbocycles. The Morgan fingerprint density at radius 3 is 2.21 bits per heavy atom. The molecule has 3 N–H and O–H groups in total. The van der Waals surface area contributed by atoms with Crippen LogP contribution in [0.2, 0.25) is 0 Å². The highest BCUT2D eigenvalue weighted by Crippen LogP contribution is 2.26. The third-order valence-corrected chi connectivity index (χ3v) is 5.88. The number of urea groups is 1. The lowest BCUT2D eigenvalue weighted by Gasteiger charge is -2.35. The first-order valence-electron chi connectivity index (χ1n) is 11.8. The fraction of sp³-hybridized carbons (Fsp3) is 0.462. The van der Waals surface area contributed by atoms with Gasteiger partial charge in [0.15, 0.2) is 0 Å². The molecule has 0 saturated carbocycles. The first-order chi connectivity index (χ1) is 16.0. The molecule has 1 saturated heterocycles. The van der Waals surface area contributed by atoms with E-state index in [0.29, 0.717) is 18.7 Å². The number of rotatable bonds is 9. The number of hydrogen-bond donors (Lipinski definition) is 3. The molecule has 7 heteroatoms. The summed E-state index contributed by atoms with van der Waals surface area (Å²) in [6, 6.07) is 15.5. The number of benzene rings is 2. The monoisotopic (exact) mass is 452 g/mol. The van der Waals surface area contributed by atoms with Crippen molar-refractivity contribution < 1.29 is 14.3 Å². The molecular formula is C26H36N4O3. The topological polar surface area (TPSA) is 82.7 Å². The van der Waals surface area contributed by atoms with E-state index in [4.69, 9.17) is 4.74 Å². The molecule has 2 aromatic rings. The average molecular weight is 453 g/mol.